The van der Waals surface area contributed by atoms with E-state index in [4.69, 9.17) is 4.74 Å². The van der Waals surface area contributed by atoms with E-state index in [1.54, 1.807) is 0 Å². The maximum Gasteiger partial charge on any atom is 0.416 e. The van der Waals surface area contributed by atoms with Crippen molar-refractivity contribution in [2.45, 2.75) is 32.5 Å². The first-order chi connectivity index (χ1) is 9.45. The number of nitrogens with one attached hydrogen (secondary N) is 1. The summed E-state index contributed by atoms with van der Waals surface area (Å²) in [6, 6.07) is 2.73. The normalized spacial score (nSPS) is 11.8. The molecule has 0 saturated heterocycles. The molecule has 1 aromatic carbocycles. The van der Waals surface area contributed by atoms with Crippen LogP contribution in [0.1, 0.15) is 30.9 Å². The lowest BCUT2D eigenvalue weighted by molar-refractivity contribution is -0.138. The number of ether oxygens (including phenoxy) is 1. The Bertz CT molecular complexity index is 407. The second-order valence-corrected chi connectivity index (χ2v) is 4.44. The van der Waals surface area contributed by atoms with Gasteiger partial charge in [-0.15, -0.1) is 0 Å². The molecular formula is C14H19F4NO. The number of halogens is 4. The minimum absolute atomic E-state index is 0.0494. The van der Waals surface area contributed by atoms with E-state index in [9.17, 15) is 17.6 Å². The second-order valence-electron chi connectivity index (χ2n) is 4.44. The van der Waals surface area contributed by atoms with Gasteiger partial charge in [0, 0.05) is 19.8 Å². The summed E-state index contributed by atoms with van der Waals surface area (Å²) < 4.78 is 56.3. The van der Waals surface area contributed by atoms with Crippen LogP contribution in [0.2, 0.25) is 0 Å². The quantitative estimate of drug-likeness (QED) is 0.582. The molecule has 0 radical (unpaired) electrons. The van der Waals surface area contributed by atoms with Gasteiger partial charge in [-0.2, -0.15) is 13.2 Å². The lowest BCUT2D eigenvalue weighted by atomic mass is 10.1. The van der Waals surface area contributed by atoms with Crippen molar-refractivity contribution in [1.82, 2.24) is 5.32 Å². The first-order valence-corrected chi connectivity index (χ1v) is 6.59. The second kappa shape index (κ2) is 8.21. The van der Waals surface area contributed by atoms with Crippen molar-refractivity contribution in [3.63, 3.8) is 0 Å². The Labute approximate surface area is 116 Å². The molecule has 20 heavy (non-hydrogen) atoms. The zero-order valence-corrected chi connectivity index (χ0v) is 11.4. The van der Waals surface area contributed by atoms with Gasteiger partial charge in [0.05, 0.1) is 5.56 Å². The highest BCUT2D eigenvalue weighted by Crippen LogP contribution is 2.32. The van der Waals surface area contributed by atoms with E-state index in [1.807, 2.05) is 6.92 Å². The van der Waals surface area contributed by atoms with Crippen LogP contribution in [0.5, 0.6) is 0 Å². The molecule has 0 aliphatic carbocycles. The minimum Gasteiger partial charge on any atom is -0.381 e. The van der Waals surface area contributed by atoms with Gasteiger partial charge in [-0.25, -0.2) is 4.39 Å². The molecule has 0 spiro atoms. The van der Waals surface area contributed by atoms with Crippen molar-refractivity contribution in [3.05, 3.63) is 35.1 Å². The summed E-state index contributed by atoms with van der Waals surface area (Å²) in [6.07, 6.45) is -2.87. The number of hydrogen-bond donors (Lipinski definition) is 1. The van der Waals surface area contributed by atoms with Gasteiger partial charge in [0.15, 0.2) is 0 Å². The van der Waals surface area contributed by atoms with Crippen molar-refractivity contribution in [3.8, 4) is 0 Å². The van der Waals surface area contributed by atoms with E-state index in [2.05, 4.69) is 5.32 Å². The van der Waals surface area contributed by atoms with Crippen LogP contribution in [0, 0.1) is 5.82 Å². The molecule has 1 N–H and O–H groups in total. The van der Waals surface area contributed by atoms with E-state index in [0.717, 1.165) is 18.9 Å². The smallest absolute Gasteiger partial charge is 0.381 e. The van der Waals surface area contributed by atoms with Crippen LogP contribution in [0.4, 0.5) is 17.6 Å². The molecule has 0 bridgehead atoms. The van der Waals surface area contributed by atoms with Gasteiger partial charge in [-0.1, -0.05) is 13.0 Å². The predicted octanol–water partition coefficient (Wildman–Crippen LogP) is 3.75. The molecule has 0 fully saturated rings. The number of rotatable bonds is 8. The van der Waals surface area contributed by atoms with E-state index in [-0.39, 0.29) is 12.1 Å². The Morgan fingerprint density at radius 3 is 2.60 bits per heavy atom. The Morgan fingerprint density at radius 1 is 1.20 bits per heavy atom. The summed E-state index contributed by atoms with van der Waals surface area (Å²) in [4.78, 5) is 0. The molecule has 0 unspecified atom stereocenters. The Hall–Kier alpha value is -1.14. The highest BCUT2D eigenvalue weighted by Gasteiger charge is 2.33. The summed E-state index contributed by atoms with van der Waals surface area (Å²) in [5.41, 5.74) is -0.874. The molecule has 0 aliphatic heterocycles. The summed E-state index contributed by atoms with van der Waals surface area (Å²) in [6.45, 7) is 3.89. The zero-order chi connectivity index (χ0) is 15.0. The third kappa shape index (κ3) is 5.88. The molecule has 0 atom stereocenters. The van der Waals surface area contributed by atoms with Gasteiger partial charge in [-0.05, 0) is 37.1 Å². The van der Waals surface area contributed by atoms with Crippen LogP contribution in [0.3, 0.4) is 0 Å². The van der Waals surface area contributed by atoms with Crippen LogP contribution >= 0.6 is 0 Å². The van der Waals surface area contributed by atoms with Crippen molar-refractivity contribution in [1.29, 1.82) is 0 Å². The SMILES string of the molecule is CCCOCCCNCc1ccc(F)cc1C(F)(F)F. The van der Waals surface area contributed by atoms with E-state index in [1.165, 1.54) is 6.07 Å². The maximum absolute atomic E-state index is 12.9. The monoisotopic (exact) mass is 293 g/mol. The highest BCUT2D eigenvalue weighted by atomic mass is 19.4. The Kier molecular flexibility index (Phi) is 6.95. The molecule has 1 rings (SSSR count). The largest absolute Gasteiger partial charge is 0.416 e. The van der Waals surface area contributed by atoms with Crippen LogP contribution < -0.4 is 5.32 Å². The topological polar surface area (TPSA) is 21.3 Å². The third-order valence-corrected chi connectivity index (χ3v) is 2.68. The van der Waals surface area contributed by atoms with Gasteiger partial charge in [0.1, 0.15) is 5.82 Å². The molecule has 0 saturated carbocycles. The summed E-state index contributed by atoms with van der Waals surface area (Å²) in [7, 11) is 0. The molecular weight excluding hydrogens is 274 g/mol. The zero-order valence-electron chi connectivity index (χ0n) is 11.4. The third-order valence-electron chi connectivity index (χ3n) is 2.68. The number of hydrogen-bond acceptors (Lipinski definition) is 2. The van der Waals surface area contributed by atoms with Gasteiger partial charge in [0.25, 0.3) is 0 Å². The summed E-state index contributed by atoms with van der Waals surface area (Å²) >= 11 is 0. The molecule has 6 heteroatoms. The number of alkyl halides is 3. The molecule has 0 heterocycles. The predicted molar refractivity (Wildman–Crippen MR) is 68.8 cm³/mol. The van der Waals surface area contributed by atoms with Crippen molar-refractivity contribution >= 4 is 0 Å². The average Bonchev–Trinajstić information content (AvgIpc) is 2.38. The highest BCUT2D eigenvalue weighted by molar-refractivity contribution is 5.30. The first-order valence-electron chi connectivity index (χ1n) is 6.59. The molecule has 0 amide bonds. The molecule has 0 aromatic heterocycles. The lowest BCUT2D eigenvalue weighted by Crippen LogP contribution is -2.19. The van der Waals surface area contributed by atoms with Gasteiger partial charge < -0.3 is 10.1 Å². The molecule has 1 aromatic rings. The Morgan fingerprint density at radius 2 is 1.95 bits per heavy atom. The maximum atomic E-state index is 12.9. The average molecular weight is 293 g/mol. The van der Waals surface area contributed by atoms with E-state index < -0.39 is 17.6 Å². The van der Waals surface area contributed by atoms with Crippen LogP contribution in [0.15, 0.2) is 18.2 Å². The minimum atomic E-state index is -4.54. The standard InChI is InChI=1S/C14H19F4NO/c1-2-7-20-8-3-6-19-10-11-4-5-12(15)9-13(11)14(16,17)18/h4-5,9,19H,2-3,6-8,10H2,1H3. The fourth-order valence-electron chi connectivity index (χ4n) is 1.74. The summed E-state index contributed by atoms with van der Waals surface area (Å²) in [5, 5.41) is 2.91. The summed E-state index contributed by atoms with van der Waals surface area (Å²) in [5.74, 6) is -0.881. The van der Waals surface area contributed by atoms with Crippen molar-refractivity contribution < 1.29 is 22.3 Å². The van der Waals surface area contributed by atoms with E-state index in [0.29, 0.717) is 25.8 Å². The van der Waals surface area contributed by atoms with Crippen molar-refractivity contribution in [2.75, 3.05) is 19.8 Å². The Balaban J connectivity index is 2.44. The molecule has 0 aliphatic rings. The molecule has 2 nitrogen and oxygen atoms in total. The van der Waals surface area contributed by atoms with Crippen LogP contribution in [-0.4, -0.2) is 19.8 Å². The van der Waals surface area contributed by atoms with E-state index >= 15 is 0 Å². The fraction of sp³-hybridized carbons (Fsp3) is 0.571. The number of benzene rings is 1. The van der Waals surface area contributed by atoms with Gasteiger partial charge >= 0.3 is 6.18 Å². The van der Waals surface area contributed by atoms with Gasteiger partial charge in [-0.3, -0.25) is 0 Å². The van der Waals surface area contributed by atoms with Crippen molar-refractivity contribution in [2.24, 2.45) is 0 Å². The molecule has 114 valence electrons. The van der Waals surface area contributed by atoms with Gasteiger partial charge in [0.2, 0.25) is 0 Å². The fourth-order valence-corrected chi connectivity index (χ4v) is 1.74. The lowest BCUT2D eigenvalue weighted by Gasteiger charge is -2.13. The first kappa shape index (κ1) is 16.9. The van der Waals surface area contributed by atoms with Crippen LogP contribution in [-0.2, 0) is 17.5 Å². The van der Waals surface area contributed by atoms with Crippen LogP contribution in [0.25, 0.3) is 0 Å².